The first-order valence-corrected chi connectivity index (χ1v) is 7.70. The molecule has 0 aromatic heterocycles. The Morgan fingerprint density at radius 2 is 1.71 bits per heavy atom. The van der Waals surface area contributed by atoms with Crippen molar-refractivity contribution in [3.05, 3.63) is 81.8 Å². The van der Waals surface area contributed by atoms with Gasteiger partial charge in [0, 0.05) is 4.47 Å². The van der Waals surface area contributed by atoms with Gasteiger partial charge in [-0.15, -0.1) is 0 Å². The van der Waals surface area contributed by atoms with Crippen LogP contribution in [0.25, 0.3) is 10.8 Å². The van der Waals surface area contributed by atoms with E-state index in [9.17, 15) is 0 Å². The van der Waals surface area contributed by atoms with Crippen LogP contribution in [0.2, 0.25) is 0 Å². The quantitative estimate of drug-likeness (QED) is 0.545. The van der Waals surface area contributed by atoms with Crippen LogP contribution in [0.3, 0.4) is 0 Å². The number of halogens is 1. The fraction of sp³-hybridized carbons (Fsp3) is 0.111. The van der Waals surface area contributed by atoms with E-state index in [2.05, 4.69) is 88.9 Å². The van der Waals surface area contributed by atoms with Crippen molar-refractivity contribution in [3.8, 4) is 0 Å². The molecule has 3 N–H and O–H groups in total. The monoisotopic (exact) mass is 340 g/mol. The molecule has 1 unspecified atom stereocenters. The molecular weight excluding hydrogens is 324 g/mol. The first kappa shape index (κ1) is 14.3. The predicted molar refractivity (Wildman–Crippen MR) is 92.0 cm³/mol. The number of fused-ring (bicyclic) bond motifs is 1. The van der Waals surface area contributed by atoms with Gasteiger partial charge >= 0.3 is 0 Å². The van der Waals surface area contributed by atoms with E-state index < -0.39 is 0 Å². The second-order valence-electron chi connectivity index (χ2n) is 5.18. The zero-order chi connectivity index (χ0) is 14.8. The summed E-state index contributed by atoms with van der Waals surface area (Å²) in [6, 6.07) is 21.0. The van der Waals surface area contributed by atoms with Gasteiger partial charge in [-0.05, 0) is 40.5 Å². The molecule has 3 heteroatoms. The van der Waals surface area contributed by atoms with E-state index >= 15 is 0 Å². The van der Waals surface area contributed by atoms with Crippen LogP contribution in [-0.2, 0) is 0 Å². The maximum atomic E-state index is 5.83. The standard InChI is InChI=1S/C18H17BrN2/c1-12-5-4-8-16(17(12)19)18(21-20)15-10-9-13-6-2-3-7-14(13)11-15/h2-11,18,21H,20H2,1H3. The highest BCUT2D eigenvalue weighted by Gasteiger charge is 2.16. The Hall–Kier alpha value is -1.68. The summed E-state index contributed by atoms with van der Waals surface area (Å²) in [5, 5.41) is 2.46. The molecule has 0 amide bonds. The average Bonchev–Trinajstić information content (AvgIpc) is 2.52. The lowest BCUT2D eigenvalue weighted by atomic mass is 9.96. The summed E-state index contributed by atoms with van der Waals surface area (Å²) in [6.45, 7) is 2.08. The zero-order valence-corrected chi connectivity index (χ0v) is 13.4. The van der Waals surface area contributed by atoms with E-state index in [1.54, 1.807) is 0 Å². The highest BCUT2D eigenvalue weighted by Crippen LogP contribution is 2.31. The average molecular weight is 341 g/mol. The molecule has 0 saturated carbocycles. The normalized spacial score (nSPS) is 12.5. The number of aryl methyl sites for hydroxylation is 1. The first-order valence-electron chi connectivity index (χ1n) is 6.90. The van der Waals surface area contributed by atoms with Gasteiger partial charge in [-0.1, -0.05) is 70.5 Å². The van der Waals surface area contributed by atoms with Gasteiger partial charge in [0.25, 0.3) is 0 Å². The Morgan fingerprint density at radius 1 is 0.952 bits per heavy atom. The van der Waals surface area contributed by atoms with Gasteiger partial charge in [-0.25, -0.2) is 5.43 Å². The van der Waals surface area contributed by atoms with Crippen molar-refractivity contribution < 1.29 is 0 Å². The number of hydrogen-bond donors (Lipinski definition) is 2. The summed E-state index contributed by atoms with van der Waals surface area (Å²) >= 11 is 3.67. The lowest BCUT2D eigenvalue weighted by Crippen LogP contribution is -2.29. The molecular formula is C18H17BrN2. The third-order valence-corrected chi connectivity index (χ3v) is 4.89. The maximum absolute atomic E-state index is 5.83. The molecule has 0 bridgehead atoms. The summed E-state index contributed by atoms with van der Waals surface area (Å²) in [6.07, 6.45) is 0. The lowest BCUT2D eigenvalue weighted by Gasteiger charge is -2.20. The van der Waals surface area contributed by atoms with Crippen molar-refractivity contribution >= 4 is 26.7 Å². The number of benzene rings is 3. The van der Waals surface area contributed by atoms with Crippen molar-refractivity contribution in [2.24, 2.45) is 5.84 Å². The van der Waals surface area contributed by atoms with E-state index in [4.69, 9.17) is 5.84 Å². The summed E-state index contributed by atoms with van der Waals surface area (Å²) < 4.78 is 1.10. The molecule has 0 fully saturated rings. The molecule has 0 aliphatic carbocycles. The minimum Gasteiger partial charge on any atom is -0.271 e. The van der Waals surface area contributed by atoms with Crippen LogP contribution in [0.1, 0.15) is 22.7 Å². The van der Waals surface area contributed by atoms with Gasteiger partial charge in [0.1, 0.15) is 0 Å². The zero-order valence-electron chi connectivity index (χ0n) is 11.8. The summed E-state index contributed by atoms with van der Waals surface area (Å²) in [4.78, 5) is 0. The molecule has 106 valence electrons. The molecule has 3 rings (SSSR count). The number of hydrogen-bond acceptors (Lipinski definition) is 2. The highest BCUT2D eigenvalue weighted by molar-refractivity contribution is 9.10. The van der Waals surface area contributed by atoms with E-state index in [-0.39, 0.29) is 6.04 Å². The first-order chi connectivity index (χ1) is 10.2. The molecule has 3 aromatic carbocycles. The number of hydrazine groups is 1. The van der Waals surface area contributed by atoms with Crippen LogP contribution >= 0.6 is 15.9 Å². The van der Waals surface area contributed by atoms with Crippen molar-refractivity contribution in [3.63, 3.8) is 0 Å². The molecule has 3 aromatic rings. The second-order valence-corrected chi connectivity index (χ2v) is 5.98. The van der Waals surface area contributed by atoms with E-state index in [1.165, 1.54) is 16.3 Å². The molecule has 21 heavy (non-hydrogen) atoms. The molecule has 2 nitrogen and oxygen atoms in total. The Balaban J connectivity index is 2.11. The smallest absolute Gasteiger partial charge is 0.0721 e. The van der Waals surface area contributed by atoms with Crippen LogP contribution in [-0.4, -0.2) is 0 Å². The third kappa shape index (κ3) is 2.72. The van der Waals surface area contributed by atoms with Crippen molar-refractivity contribution in [2.45, 2.75) is 13.0 Å². The molecule has 0 heterocycles. The molecule has 0 radical (unpaired) electrons. The Bertz CT molecular complexity index is 783. The van der Waals surface area contributed by atoms with Crippen LogP contribution in [0.4, 0.5) is 0 Å². The molecule has 0 saturated heterocycles. The topological polar surface area (TPSA) is 38.0 Å². The molecule has 0 aliphatic heterocycles. The van der Waals surface area contributed by atoms with Gasteiger partial charge in [-0.3, -0.25) is 5.84 Å². The fourth-order valence-corrected chi connectivity index (χ4v) is 3.14. The van der Waals surface area contributed by atoms with Crippen LogP contribution in [0.15, 0.2) is 65.1 Å². The van der Waals surface area contributed by atoms with Gasteiger partial charge in [0.15, 0.2) is 0 Å². The maximum Gasteiger partial charge on any atom is 0.0721 e. The van der Waals surface area contributed by atoms with Crippen LogP contribution < -0.4 is 11.3 Å². The van der Waals surface area contributed by atoms with E-state index in [0.29, 0.717) is 0 Å². The highest BCUT2D eigenvalue weighted by atomic mass is 79.9. The summed E-state index contributed by atoms with van der Waals surface area (Å²) in [5.41, 5.74) is 6.44. The third-order valence-electron chi connectivity index (χ3n) is 3.81. The SMILES string of the molecule is Cc1cccc(C(NN)c2ccc3ccccc3c2)c1Br. The number of rotatable bonds is 3. The van der Waals surface area contributed by atoms with Gasteiger partial charge in [-0.2, -0.15) is 0 Å². The Kier molecular flexibility index (Phi) is 4.06. The van der Waals surface area contributed by atoms with E-state index in [0.717, 1.165) is 15.6 Å². The Morgan fingerprint density at radius 3 is 2.48 bits per heavy atom. The van der Waals surface area contributed by atoms with Crippen LogP contribution in [0, 0.1) is 6.92 Å². The number of nitrogens with two attached hydrogens (primary N) is 1. The van der Waals surface area contributed by atoms with Gasteiger partial charge in [0.2, 0.25) is 0 Å². The lowest BCUT2D eigenvalue weighted by molar-refractivity contribution is 0.635. The van der Waals surface area contributed by atoms with Gasteiger partial charge < -0.3 is 0 Å². The fourth-order valence-electron chi connectivity index (χ4n) is 2.65. The largest absolute Gasteiger partial charge is 0.271 e. The molecule has 0 aliphatic rings. The van der Waals surface area contributed by atoms with Gasteiger partial charge in [0.05, 0.1) is 6.04 Å². The molecule has 1 atom stereocenters. The summed E-state index contributed by atoms with van der Waals surface area (Å²) in [7, 11) is 0. The van der Waals surface area contributed by atoms with Crippen molar-refractivity contribution in [1.29, 1.82) is 0 Å². The van der Waals surface area contributed by atoms with Crippen molar-refractivity contribution in [1.82, 2.24) is 5.43 Å². The minimum absolute atomic E-state index is 0.0381. The summed E-state index contributed by atoms with van der Waals surface area (Å²) in [5.74, 6) is 5.83. The molecule has 0 spiro atoms. The second kappa shape index (κ2) is 5.98. The minimum atomic E-state index is -0.0381. The Labute approximate surface area is 133 Å². The van der Waals surface area contributed by atoms with Crippen molar-refractivity contribution in [2.75, 3.05) is 0 Å². The van der Waals surface area contributed by atoms with E-state index in [1.807, 2.05) is 0 Å². The number of nitrogens with one attached hydrogen (secondary N) is 1. The predicted octanol–water partition coefficient (Wildman–Crippen LogP) is 4.46. The van der Waals surface area contributed by atoms with Crippen LogP contribution in [0.5, 0.6) is 0 Å².